The van der Waals surface area contributed by atoms with E-state index in [0.29, 0.717) is 24.1 Å². The number of imidazole rings is 1. The van der Waals surface area contributed by atoms with E-state index < -0.39 is 27.3 Å². The van der Waals surface area contributed by atoms with Gasteiger partial charge in [-0.15, -0.1) is 0 Å². The van der Waals surface area contributed by atoms with Crippen LogP contribution in [0.2, 0.25) is 0 Å². The van der Waals surface area contributed by atoms with Crippen molar-refractivity contribution in [3.63, 3.8) is 0 Å². The first kappa shape index (κ1) is 22.5. The number of nitrogens with zero attached hydrogens (tertiary/aromatic N) is 4. The van der Waals surface area contributed by atoms with Crippen molar-refractivity contribution in [1.82, 2.24) is 24.1 Å². The van der Waals surface area contributed by atoms with E-state index >= 15 is 0 Å². The van der Waals surface area contributed by atoms with Crippen molar-refractivity contribution >= 4 is 21.1 Å². The number of fused-ring (bicyclic) bond motifs is 1. The molecule has 8 nitrogen and oxygen atoms in total. The fraction of sp³-hybridized carbons (Fsp3) is 0.450. The normalized spacial score (nSPS) is 15.1. The van der Waals surface area contributed by atoms with Gasteiger partial charge < -0.3 is 4.98 Å². The second kappa shape index (κ2) is 8.00. The highest BCUT2D eigenvalue weighted by molar-refractivity contribution is 7.89. The van der Waals surface area contributed by atoms with Gasteiger partial charge in [-0.1, -0.05) is 13.8 Å². The second-order valence-corrected chi connectivity index (χ2v) is 9.61. The molecule has 0 amide bonds. The average molecular weight is 469 g/mol. The maximum absolute atomic E-state index is 13.4. The Labute approximate surface area is 182 Å². The lowest BCUT2D eigenvalue weighted by Gasteiger charge is -2.18. The van der Waals surface area contributed by atoms with Gasteiger partial charge in [0.15, 0.2) is 0 Å². The van der Waals surface area contributed by atoms with Crippen LogP contribution in [0, 0.1) is 0 Å². The van der Waals surface area contributed by atoms with E-state index in [4.69, 9.17) is 0 Å². The number of hydrogen-bond donors (Lipinski definition) is 1. The first-order chi connectivity index (χ1) is 15.0. The van der Waals surface area contributed by atoms with Gasteiger partial charge in [-0.05, 0) is 37.1 Å². The molecule has 172 valence electrons. The summed E-state index contributed by atoms with van der Waals surface area (Å²) in [7, 11) is -3.69. The molecule has 0 bridgehead atoms. The summed E-state index contributed by atoms with van der Waals surface area (Å²) in [4.78, 5) is 19.7. The molecule has 3 aromatic rings. The molecular weight excluding hydrogens is 447 g/mol. The summed E-state index contributed by atoms with van der Waals surface area (Å²) in [5, 5.41) is 4.12. The molecule has 1 aromatic carbocycles. The van der Waals surface area contributed by atoms with Crippen LogP contribution in [0.3, 0.4) is 0 Å². The van der Waals surface area contributed by atoms with Crippen molar-refractivity contribution in [2.75, 3.05) is 13.1 Å². The van der Waals surface area contributed by atoms with E-state index in [2.05, 4.69) is 15.1 Å². The summed E-state index contributed by atoms with van der Waals surface area (Å²) in [5.41, 5.74) is -1.43. The van der Waals surface area contributed by atoms with Gasteiger partial charge in [-0.3, -0.25) is 4.79 Å². The Kier molecular flexibility index (Phi) is 5.61. The second-order valence-electron chi connectivity index (χ2n) is 7.67. The Morgan fingerprint density at radius 1 is 1.19 bits per heavy atom. The predicted molar refractivity (Wildman–Crippen MR) is 111 cm³/mol. The number of rotatable bonds is 7. The number of H-pyrrole nitrogens is 1. The Bertz CT molecular complexity index is 1320. The van der Waals surface area contributed by atoms with Gasteiger partial charge in [-0.2, -0.15) is 22.6 Å². The number of halogens is 3. The summed E-state index contributed by atoms with van der Waals surface area (Å²) >= 11 is 0. The van der Waals surface area contributed by atoms with E-state index in [1.54, 1.807) is 13.8 Å². The van der Waals surface area contributed by atoms with E-state index in [1.807, 2.05) is 0 Å². The van der Waals surface area contributed by atoms with Crippen LogP contribution in [-0.4, -0.2) is 45.6 Å². The molecule has 0 aliphatic heterocycles. The molecule has 1 aliphatic rings. The molecule has 0 spiro atoms. The summed E-state index contributed by atoms with van der Waals surface area (Å²) in [5.74, 6) is 0.125. The first-order valence-corrected chi connectivity index (χ1v) is 11.7. The number of hydrogen-bond acceptors (Lipinski definition) is 5. The number of aromatic nitrogens is 4. The van der Waals surface area contributed by atoms with Crippen LogP contribution < -0.4 is 5.56 Å². The molecule has 1 fully saturated rings. The van der Waals surface area contributed by atoms with Crippen LogP contribution in [0.1, 0.15) is 49.7 Å². The molecular formula is C20H22F3N5O3S. The summed E-state index contributed by atoms with van der Waals surface area (Å²) in [6.07, 6.45) is -3.32. The molecule has 1 aliphatic carbocycles. The standard InChI is InChI=1S/C20H22F3N5O3S/c1-3-27(4-2)32(30,31)13-7-8-15-17(9-13)25-18(24-15)11-28-19(29)14(20(21,22)23)10-16(26-28)12-5-6-12/h7-10,12H,3-6,11H2,1-2H3,(H,24,25). The van der Waals surface area contributed by atoms with E-state index in [-0.39, 0.29) is 28.9 Å². The molecule has 32 heavy (non-hydrogen) atoms. The van der Waals surface area contributed by atoms with Crippen LogP contribution in [0.15, 0.2) is 34.0 Å². The highest BCUT2D eigenvalue weighted by Crippen LogP contribution is 2.40. The molecule has 2 heterocycles. The van der Waals surface area contributed by atoms with Crippen LogP contribution >= 0.6 is 0 Å². The van der Waals surface area contributed by atoms with E-state index in [0.717, 1.165) is 23.6 Å². The molecule has 0 radical (unpaired) electrons. The number of nitrogens with one attached hydrogen (secondary N) is 1. The average Bonchev–Trinajstić information content (AvgIpc) is 3.48. The van der Waals surface area contributed by atoms with E-state index in [1.165, 1.54) is 22.5 Å². The Hall–Kier alpha value is -2.73. The quantitative estimate of drug-likeness (QED) is 0.573. The fourth-order valence-electron chi connectivity index (χ4n) is 3.58. The summed E-state index contributed by atoms with van der Waals surface area (Å²) < 4.78 is 67.6. The third-order valence-corrected chi connectivity index (χ3v) is 7.49. The Balaban J connectivity index is 1.71. The topological polar surface area (TPSA) is 101 Å². The lowest BCUT2D eigenvalue weighted by Crippen LogP contribution is -2.32. The third-order valence-electron chi connectivity index (χ3n) is 5.44. The lowest BCUT2D eigenvalue weighted by molar-refractivity contribution is -0.139. The minimum absolute atomic E-state index is 0.0773. The molecule has 2 aromatic heterocycles. The van der Waals surface area contributed by atoms with Gasteiger partial charge in [0.1, 0.15) is 17.9 Å². The van der Waals surface area contributed by atoms with Crippen molar-refractivity contribution in [1.29, 1.82) is 0 Å². The zero-order chi connectivity index (χ0) is 23.3. The Morgan fingerprint density at radius 3 is 2.47 bits per heavy atom. The monoisotopic (exact) mass is 469 g/mol. The van der Waals surface area contributed by atoms with Gasteiger partial charge in [0.25, 0.3) is 5.56 Å². The molecule has 1 N–H and O–H groups in total. The predicted octanol–water partition coefficient (Wildman–Crippen LogP) is 3.09. The zero-order valence-corrected chi connectivity index (χ0v) is 18.3. The molecule has 0 saturated heterocycles. The van der Waals surface area contributed by atoms with Gasteiger partial charge in [-0.25, -0.2) is 18.1 Å². The van der Waals surface area contributed by atoms with Crippen molar-refractivity contribution in [3.8, 4) is 0 Å². The van der Waals surface area contributed by atoms with E-state index in [9.17, 15) is 26.4 Å². The van der Waals surface area contributed by atoms with Gasteiger partial charge >= 0.3 is 6.18 Å². The number of alkyl halides is 3. The Morgan fingerprint density at radius 2 is 1.88 bits per heavy atom. The maximum Gasteiger partial charge on any atom is 0.421 e. The van der Waals surface area contributed by atoms with Crippen LogP contribution in [0.4, 0.5) is 13.2 Å². The van der Waals surface area contributed by atoms with Crippen LogP contribution in [0.5, 0.6) is 0 Å². The molecule has 0 unspecified atom stereocenters. The minimum Gasteiger partial charge on any atom is -0.340 e. The zero-order valence-electron chi connectivity index (χ0n) is 17.5. The van der Waals surface area contributed by atoms with Gasteiger partial charge in [0, 0.05) is 19.0 Å². The van der Waals surface area contributed by atoms with Gasteiger partial charge in [0.2, 0.25) is 10.0 Å². The molecule has 12 heteroatoms. The summed E-state index contributed by atoms with van der Waals surface area (Å²) in [6.45, 7) is 3.82. The SMILES string of the molecule is CCN(CC)S(=O)(=O)c1ccc2nc(Cn3nc(C4CC4)cc(C(F)(F)F)c3=O)[nH]c2c1. The molecule has 4 rings (SSSR count). The maximum atomic E-state index is 13.4. The smallest absolute Gasteiger partial charge is 0.340 e. The van der Waals surface area contributed by atoms with Gasteiger partial charge in [0.05, 0.1) is 21.6 Å². The molecule has 0 atom stereocenters. The number of benzene rings is 1. The highest BCUT2D eigenvalue weighted by Gasteiger charge is 2.37. The van der Waals surface area contributed by atoms with Crippen molar-refractivity contribution < 1.29 is 21.6 Å². The highest BCUT2D eigenvalue weighted by atomic mass is 32.2. The largest absolute Gasteiger partial charge is 0.421 e. The third kappa shape index (κ3) is 4.16. The van der Waals surface area contributed by atoms with Crippen molar-refractivity contribution in [2.45, 2.75) is 50.2 Å². The van der Waals surface area contributed by atoms with Crippen molar-refractivity contribution in [2.24, 2.45) is 0 Å². The number of sulfonamides is 1. The van der Waals surface area contributed by atoms with Crippen LogP contribution in [-0.2, 0) is 22.7 Å². The molecule has 1 saturated carbocycles. The minimum atomic E-state index is -4.78. The summed E-state index contributed by atoms with van der Waals surface area (Å²) in [6, 6.07) is 5.21. The fourth-order valence-corrected chi connectivity index (χ4v) is 5.07. The lowest BCUT2D eigenvalue weighted by atomic mass is 10.2. The first-order valence-electron chi connectivity index (χ1n) is 10.2. The van der Waals surface area contributed by atoms with Crippen LogP contribution in [0.25, 0.3) is 11.0 Å². The number of aromatic amines is 1. The van der Waals surface area contributed by atoms with Crippen molar-refractivity contribution in [3.05, 3.63) is 51.7 Å².